The zero-order valence-electron chi connectivity index (χ0n) is 14.7. The number of likely N-dealkylation sites (tertiary alicyclic amines) is 1. The predicted octanol–water partition coefficient (Wildman–Crippen LogP) is 3.72. The van der Waals surface area contributed by atoms with Crippen molar-refractivity contribution in [3.8, 4) is 0 Å². The van der Waals surface area contributed by atoms with Gasteiger partial charge in [0.25, 0.3) is 5.91 Å². The molecule has 0 unspecified atom stereocenters. The second kappa shape index (κ2) is 7.62. The predicted molar refractivity (Wildman–Crippen MR) is 101 cm³/mol. The fraction of sp³-hybridized carbons (Fsp3) is 0.400. The molecule has 0 radical (unpaired) electrons. The molecule has 0 saturated carbocycles. The van der Waals surface area contributed by atoms with Gasteiger partial charge in [-0.15, -0.1) is 11.6 Å². The van der Waals surface area contributed by atoms with Crippen LogP contribution in [0.15, 0.2) is 36.4 Å². The molecule has 1 saturated heterocycles. The van der Waals surface area contributed by atoms with E-state index in [4.69, 9.17) is 11.6 Å². The summed E-state index contributed by atoms with van der Waals surface area (Å²) in [6.07, 6.45) is 2.03. The quantitative estimate of drug-likeness (QED) is 0.827. The highest BCUT2D eigenvalue weighted by molar-refractivity contribution is 6.27. The van der Waals surface area contributed by atoms with Crippen molar-refractivity contribution >= 4 is 34.2 Å². The number of carbonyl (C=O) groups is 2. The van der Waals surface area contributed by atoms with Gasteiger partial charge in [-0.2, -0.15) is 0 Å². The van der Waals surface area contributed by atoms with Gasteiger partial charge in [0.05, 0.1) is 5.56 Å². The summed E-state index contributed by atoms with van der Waals surface area (Å²) in [6.45, 7) is 2.96. The van der Waals surface area contributed by atoms with Gasteiger partial charge in [-0.05, 0) is 30.7 Å². The Hall–Kier alpha value is -2.14. The third kappa shape index (κ3) is 3.54. The van der Waals surface area contributed by atoms with Crippen molar-refractivity contribution in [2.75, 3.05) is 19.0 Å². The summed E-state index contributed by atoms with van der Waals surface area (Å²) in [5, 5.41) is 4.21. The molecule has 0 aromatic heterocycles. The Morgan fingerprint density at radius 1 is 1.19 bits per heavy atom. The Balaban J connectivity index is 1.76. The Morgan fingerprint density at radius 2 is 1.88 bits per heavy atom. The van der Waals surface area contributed by atoms with E-state index in [-0.39, 0.29) is 28.8 Å². The molecule has 4 nitrogen and oxygen atoms in total. The smallest absolute Gasteiger partial charge is 0.256 e. The number of nitrogens with zero attached hydrogens (tertiary/aromatic N) is 1. The lowest BCUT2D eigenvalue weighted by molar-refractivity contribution is -0.121. The van der Waals surface area contributed by atoms with Crippen LogP contribution in [0.5, 0.6) is 0 Å². The summed E-state index contributed by atoms with van der Waals surface area (Å²) in [5.74, 6) is -1.06. The fourth-order valence-electron chi connectivity index (χ4n) is 3.60. The average molecular weight is 377 g/mol. The van der Waals surface area contributed by atoms with Gasteiger partial charge in [0.1, 0.15) is 11.7 Å². The van der Waals surface area contributed by atoms with Crippen molar-refractivity contribution in [3.63, 3.8) is 0 Å². The Morgan fingerprint density at radius 3 is 2.54 bits per heavy atom. The van der Waals surface area contributed by atoms with Crippen LogP contribution in [0.4, 0.5) is 4.39 Å². The number of halogens is 2. The van der Waals surface area contributed by atoms with Crippen molar-refractivity contribution < 1.29 is 14.0 Å². The lowest BCUT2D eigenvalue weighted by atomic mass is 9.84. The molecule has 1 N–H and O–H groups in total. The highest BCUT2D eigenvalue weighted by Gasteiger charge is 2.36. The third-order valence-corrected chi connectivity index (χ3v) is 5.55. The fourth-order valence-corrected chi connectivity index (χ4v) is 3.67. The number of carbonyl (C=O) groups excluding carboxylic acids is 2. The van der Waals surface area contributed by atoms with Crippen LogP contribution < -0.4 is 5.32 Å². The van der Waals surface area contributed by atoms with Crippen LogP contribution in [0.2, 0.25) is 0 Å². The van der Waals surface area contributed by atoms with Crippen molar-refractivity contribution in [1.82, 2.24) is 10.2 Å². The summed E-state index contributed by atoms with van der Waals surface area (Å²) >= 11 is 5.60. The maximum absolute atomic E-state index is 14.8. The van der Waals surface area contributed by atoms with Crippen molar-refractivity contribution in [2.24, 2.45) is 0 Å². The van der Waals surface area contributed by atoms with Gasteiger partial charge in [-0.25, -0.2) is 4.39 Å². The molecule has 26 heavy (non-hydrogen) atoms. The van der Waals surface area contributed by atoms with E-state index in [1.54, 1.807) is 29.2 Å². The van der Waals surface area contributed by atoms with Crippen LogP contribution >= 0.6 is 11.6 Å². The van der Waals surface area contributed by atoms with E-state index < -0.39 is 5.82 Å². The van der Waals surface area contributed by atoms with Crippen LogP contribution in [0.3, 0.4) is 0 Å². The Bertz CT molecular complexity index is 832. The van der Waals surface area contributed by atoms with Gasteiger partial charge in [0.2, 0.25) is 5.91 Å². The first-order valence-corrected chi connectivity index (χ1v) is 9.36. The summed E-state index contributed by atoms with van der Waals surface area (Å²) in [5.41, 5.74) is -0.248. The molecule has 1 heterocycles. The molecule has 0 bridgehead atoms. The summed E-state index contributed by atoms with van der Waals surface area (Å²) < 4.78 is 14.8. The molecule has 0 aliphatic carbocycles. The molecule has 3 rings (SSSR count). The molecule has 0 atom stereocenters. The maximum Gasteiger partial charge on any atom is 0.256 e. The van der Waals surface area contributed by atoms with Crippen LogP contribution in [0.25, 0.3) is 10.8 Å². The van der Waals surface area contributed by atoms with E-state index in [0.29, 0.717) is 31.3 Å². The first-order chi connectivity index (χ1) is 12.5. The van der Waals surface area contributed by atoms with Crippen molar-refractivity contribution in [2.45, 2.75) is 31.7 Å². The van der Waals surface area contributed by atoms with E-state index in [0.717, 1.165) is 11.8 Å². The number of nitrogens with one attached hydrogen (secondary N) is 1. The second-order valence-corrected chi connectivity index (χ2v) is 7.02. The SMILES string of the molecule is CCC1(NC(=O)CCl)CCN(C(=O)c2ccc3ccccc3c2F)CC1. The van der Waals surface area contributed by atoms with E-state index in [1.807, 2.05) is 19.1 Å². The molecule has 1 aliphatic rings. The van der Waals surface area contributed by atoms with Crippen LogP contribution in [-0.2, 0) is 4.79 Å². The largest absolute Gasteiger partial charge is 0.350 e. The van der Waals surface area contributed by atoms with Gasteiger partial charge < -0.3 is 10.2 Å². The molecule has 1 aliphatic heterocycles. The van der Waals surface area contributed by atoms with Gasteiger partial charge in [0, 0.05) is 24.0 Å². The number of fused-ring (bicyclic) bond motifs is 1. The number of benzene rings is 2. The molecule has 1 fully saturated rings. The Labute approximate surface area is 157 Å². The molecule has 0 spiro atoms. The Kier molecular flexibility index (Phi) is 5.47. The van der Waals surface area contributed by atoms with Gasteiger partial charge in [0.15, 0.2) is 0 Å². The normalized spacial score (nSPS) is 16.5. The minimum atomic E-state index is -0.476. The number of piperidine rings is 1. The monoisotopic (exact) mass is 376 g/mol. The molecule has 138 valence electrons. The minimum Gasteiger partial charge on any atom is -0.350 e. The van der Waals surface area contributed by atoms with Gasteiger partial charge in [-0.1, -0.05) is 37.3 Å². The summed E-state index contributed by atoms with van der Waals surface area (Å²) in [4.78, 5) is 26.2. The molecular weight excluding hydrogens is 355 g/mol. The standard InChI is InChI=1S/C20H22ClFN2O2/c1-2-20(23-17(25)13-21)9-11-24(12-10-20)19(26)16-8-7-14-5-3-4-6-15(14)18(16)22/h3-8H,2,9-13H2,1H3,(H,23,25). The topological polar surface area (TPSA) is 49.4 Å². The number of hydrogen-bond acceptors (Lipinski definition) is 2. The van der Waals surface area contributed by atoms with E-state index >= 15 is 0 Å². The third-order valence-electron chi connectivity index (χ3n) is 5.30. The van der Waals surface area contributed by atoms with Crippen molar-refractivity contribution in [1.29, 1.82) is 0 Å². The van der Waals surface area contributed by atoms with E-state index in [1.165, 1.54) is 0 Å². The minimum absolute atomic E-state index is 0.0767. The zero-order chi connectivity index (χ0) is 18.7. The molecule has 2 aromatic rings. The lowest BCUT2D eigenvalue weighted by Crippen LogP contribution is -2.56. The highest BCUT2D eigenvalue weighted by atomic mass is 35.5. The van der Waals surface area contributed by atoms with Crippen LogP contribution in [0.1, 0.15) is 36.5 Å². The lowest BCUT2D eigenvalue weighted by Gasteiger charge is -2.42. The average Bonchev–Trinajstić information content (AvgIpc) is 2.68. The first-order valence-electron chi connectivity index (χ1n) is 8.83. The van der Waals surface area contributed by atoms with Crippen molar-refractivity contribution in [3.05, 3.63) is 47.8 Å². The number of rotatable bonds is 4. The highest BCUT2D eigenvalue weighted by Crippen LogP contribution is 2.28. The number of hydrogen-bond donors (Lipinski definition) is 1. The van der Waals surface area contributed by atoms with E-state index in [2.05, 4.69) is 5.32 Å². The summed E-state index contributed by atoms with van der Waals surface area (Å²) in [6, 6.07) is 10.4. The van der Waals surface area contributed by atoms with Gasteiger partial charge in [-0.3, -0.25) is 9.59 Å². The molecule has 2 aromatic carbocycles. The number of alkyl halides is 1. The first kappa shape index (κ1) is 18.6. The molecule has 2 amide bonds. The number of amides is 2. The zero-order valence-corrected chi connectivity index (χ0v) is 15.5. The summed E-state index contributed by atoms with van der Waals surface area (Å²) in [7, 11) is 0. The molecule has 6 heteroatoms. The van der Waals surface area contributed by atoms with Gasteiger partial charge >= 0.3 is 0 Å². The van der Waals surface area contributed by atoms with Crippen LogP contribution in [0, 0.1) is 5.82 Å². The van der Waals surface area contributed by atoms with E-state index in [9.17, 15) is 14.0 Å². The van der Waals surface area contributed by atoms with Crippen LogP contribution in [-0.4, -0.2) is 41.2 Å². The molecular formula is C20H22ClFN2O2. The second-order valence-electron chi connectivity index (χ2n) is 6.76. The maximum atomic E-state index is 14.8.